The number of allylic oxidation sites excluding steroid dienone is 2. The van der Waals surface area contributed by atoms with Gasteiger partial charge in [-0.3, -0.25) is 4.79 Å². The minimum absolute atomic E-state index is 0.0739. The molecule has 1 nitrogen and oxygen atoms in total. The summed E-state index contributed by atoms with van der Waals surface area (Å²) in [4.78, 5) is 12.4. The molecule has 0 N–H and O–H groups in total. The summed E-state index contributed by atoms with van der Waals surface area (Å²) in [6, 6.07) is 0. The van der Waals surface area contributed by atoms with E-state index in [0.29, 0.717) is 11.2 Å². The van der Waals surface area contributed by atoms with Gasteiger partial charge in [-0.1, -0.05) is 31.4 Å². The van der Waals surface area contributed by atoms with Crippen LogP contribution in [-0.2, 0) is 4.79 Å². The highest BCUT2D eigenvalue weighted by Crippen LogP contribution is 2.54. The first kappa shape index (κ1) is 12.4. The van der Waals surface area contributed by atoms with Gasteiger partial charge in [-0.2, -0.15) is 0 Å². The number of carbonyl (C=O) groups excluding carboxylic acids is 1. The molecule has 0 aromatic rings. The van der Waals surface area contributed by atoms with Gasteiger partial charge in [0.15, 0.2) is 0 Å². The average Bonchev–Trinajstić information content (AvgIpc) is 2.32. The lowest BCUT2D eigenvalue weighted by Crippen LogP contribution is -2.39. The summed E-state index contributed by atoms with van der Waals surface area (Å²) in [6.07, 6.45) is 11.8. The lowest BCUT2D eigenvalue weighted by Gasteiger charge is -2.46. The zero-order valence-electron chi connectivity index (χ0n) is 12.0. The molecule has 1 spiro atoms. The van der Waals surface area contributed by atoms with Crippen molar-refractivity contribution < 1.29 is 4.79 Å². The standard InChI is InChI=1S/C17H26O/c1-16(2)9-5-6-13-12-17(11-8-14(13)16)10-4-3-7-15(17)18/h3-12H2,1-2H3. The zero-order valence-corrected chi connectivity index (χ0v) is 12.0. The van der Waals surface area contributed by atoms with Gasteiger partial charge in [0, 0.05) is 11.8 Å². The van der Waals surface area contributed by atoms with Crippen LogP contribution >= 0.6 is 0 Å². The molecule has 0 aromatic heterocycles. The van der Waals surface area contributed by atoms with Crippen LogP contribution < -0.4 is 0 Å². The van der Waals surface area contributed by atoms with Crippen LogP contribution in [0.25, 0.3) is 0 Å². The minimum atomic E-state index is 0.0739. The van der Waals surface area contributed by atoms with E-state index in [1.807, 2.05) is 0 Å². The number of Topliss-reactive ketones (excluding diaryl/α,β-unsaturated/α-hetero) is 1. The molecule has 1 unspecified atom stereocenters. The number of hydrogen-bond acceptors (Lipinski definition) is 1. The molecule has 18 heavy (non-hydrogen) atoms. The Morgan fingerprint density at radius 2 is 1.72 bits per heavy atom. The number of carbonyl (C=O) groups is 1. The maximum atomic E-state index is 12.4. The van der Waals surface area contributed by atoms with Gasteiger partial charge in [-0.15, -0.1) is 0 Å². The van der Waals surface area contributed by atoms with Crippen LogP contribution in [0.1, 0.15) is 78.1 Å². The summed E-state index contributed by atoms with van der Waals surface area (Å²) in [5.74, 6) is 0.587. The fraction of sp³-hybridized carbons (Fsp3) is 0.824. The molecule has 0 bridgehead atoms. The number of ketones is 1. The number of rotatable bonds is 0. The van der Waals surface area contributed by atoms with Crippen LogP contribution in [0, 0.1) is 10.8 Å². The summed E-state index contributed by atoms with van der Waals surface area (Å²) in [5.41, 5.74) is 3.88. The summed E-state index contributed by atoms with van der Waals surface area (Å²) in [7, 11) is 0. The summed E-state index contributed by atoms with van der Waals surface area (Å²) in [6.45, 7) is 4.81. The second kappa shape index (κ2) is 4.21. The SMILES string of the molecule is CC1(C)CCCC2=C1CCC1(CCCCC1=O)C2. The molecule has 3 aliphatic carbocycles. The first-order valence-electron chi connectivity index (χ1n) is 7.78. The van der Waals surface area contributed by atoms with Gasteiger partial charge in [0.25, 0.3) is 0 Å². The Labute approximate surface area is 111 Å². The average molecular weight is 246 g/mol. The largest absolute Gasteiger partial charge is 0.299 e. The topological polar surface area (TPSA) is 17.1 Å². The third-order valence-electron chi connectivity index (χ3n) is 5.83. The van der Waals surface area contributed by atoms with Crippen molar-refractivity contribution in [3.63, 3.8) is 0 Å². The molecule has 0 aromatic carbocycles. The molecule has 0 saturated heterocycles. The third-order valence-corrected chi connectivity index (χ3v) is 5.83. The molecule has 0 radical (unpaired) electrons. The van der Waals surface area contributed by atoms with Crippen LogP contribution in [0.5, 0.6) is 0 Å². The van der Waals surface area contributed by atoms with E-state index in [1.54, 1.807) is 11.1 Å². The van der Waals surface area contributed by atoms with Crippen molar-refractivity contribution in [3.05, 3.63) is 11.1 Å². The van der Waals surface area contributed by atoms with Gasteiger partial charge >= 0.3 is 0 Å². The molecule has 1 fully saturated rings. The Morgan fingerprint density at radius 3 is 2.50 bits per heavy atom. The maximum Gasteiger partial charge on any atom is 0.139 e. The van der Waals surface area contributed by atoms with Gasteiger partial charge in [0.05, 0.1) is 0 Å². The first-order chi connectivity index (χ1) is 8.54. The maximum absolute atomic E-state index is 12.4. The van der Waals surface area contributed by atoms with Gasteiger partial charge < -0.3 is 0 Å². The van der Waals surface area contributed by atoms with E-state index in [0.717, 1.165) is 25.7 Å². The van der Waals surface area contributed by atoms with Crippen molar-refractivity contribution in [1.29, 1.82) is 0 Å². The van der Waals surface area contributed by atoms with Crippen molar-refractivity contribution >= 4 is 5.78 Å². The van der Waals surface area contributed by atoms with Gasteiger partial charge in [-0.05, 0) is 56.8 Å². The van der Waals surface area contributed by atoms with E-state index in [4.69, 9.17) is 0 Å². The molecule has 0 aliphatic heterocycles. The molecule has 3 rings (SSSR count). The van der Waals surface area contributed by atoms with E-state index in [9.17, 15) is 4.79 Å². The van der Waals surface area contributed by atoms with Gasteiger partial charge in [0.2, 0.25) is 0 Å². The predicted octanol–water partition coefficient (Wildman–Crippen LogP) is 4.81. The highest BCUT2D eigenvalue weighted by Gasteiger charge is 2.45. The Hall–Kier alpha value is -0.590. The first-order valence-corrected chi connectivity index (χ1v) is 7.78. The Kier molecular flexibility index (Phi) is 2.91. The lowest BCUT2D eigenvalue weighted by molar-refractivity contribution is -0.132. The zero-order chi connectivity index (χ0) is 12.8. The van der Waals surface area contributed by atoms with Crippen LogP contribution in [0.15, 0.2) is 11.1 Å². The molecule has 1 saturated carbocycles. The van der Waals surface area contributed by atoms with Crippen molar-refractivity contribution in [2.75, 3.05) is 0 Å². The second-order valence-electron chi connectivity index (χ2n) is 7.41. The minimum Gasteiger partial charge on any atom is -0.299 e. The molecule has 1 heteroatoms. The van der Waals surface area contributed by atoms with Crippen LogP contribution in [0.3, 0.4) is 0 Å². The number of hydrogen-bond donors (Lipinski definition) is 0. The summed E-state index contributed by atoms with van der Waals surface area (Å²) < 4.78 is 0. The van der Waals surface area contributed by atoms with Crippen LogP contribution in [-0.4, -0.2) is 5.78 Å². The van der Waals surface area contributed by atoms with E-state index in [1.165, 1.54) is 38.5 Å². The normalized spacial score (nSPS) is 35.8. The molecule has 0 heterocycles. The van der Waals surface area contributed by atoms with E-state index >= 15 is 0 Å². The molecular formula is C17H26O. The monoisotopic (exact) mass is 246 g/mol. The molecule has 3 aliphatic rings. The smallest absolute Gasteiger partial charge is 0.139 e. The fourth-order valence-electron chi connectivity index (χ4n) is 4.70. The molecule has 0 amide bonds. The van der Waals surface area contributed by atoms with Crippen molar-refractivity contribution in [2.24, 2.45) is 10.8 Å². The van der Waals surface area contributed by atoms with Crippen LogP contribution in [0.2, 0.25) is 0 Å². The fourth-order valence-corrected chi connectivity index (χ4v) is 4.70. The lowest BCUT2D eigenvalue weighted by atomic mass is 9.58. The Balaban J connectivity index is 1.90. The quantitative estimate of drug-likeness (QED) is 0.561. The molecule has 100 valence electrons. The van der Waals surface area contributed by atoms with Crippen molar-refractivity contribution in [1.82, 2.24) is 0 Å². The van der Waals surface area contributed by atoms with Crippen molar-refractivity contribution in [3.8, 4) is 0 Å². The third kappa shape index (κ3) is 1.87. The Bertz CT molecular complexity index is 402. The van der Waals surface area contributed by atoms with Gasteiger partial charge in [0.1, 0.15) is 5.78 Å². The van der Waals surface area contributed by atoms with E-state index < -0.39 is 0 Å². The summed E-state index contributed by atoms with van der Waals surface area (Å²) >= 11 is 0. The Morgan fingerprint density at radius 1 is 0.889 bits per heavy atom. The van der Waals surface area contributed by atoms with E-state index in [-0.39, 0.29) is 5.41 Å². The summed E-state index contributed by atoms with van der Waals surface area (Å²) in [5, 5.41) is 0. The molecular weight excluding hydrogens is 220 g/mol. The van der Waals surface area contributed by atoms with E-state index in [2.05, 4.69) is 13.8 Å². The highest BCUT2D eigenvalue weighted by atomic mass is 16.1. The highest BCUT2D eigenvalue weighted by molar-refractivity contribution is 5.86. The predicted molar refractivity (Wildman–Crippen MR) is 74.4 cm³/mol. The second-order valence-corrected chi connectivity index (χ2v) is 7.41. The van der Waals surface area contributed by atoms with Crippen LogP contribution in [0.4, 0.5) is 0 Å². The molecule has 1 atom stereocenters. The van der Waals surface area contributed by atoms with Crippen molar-refractivity contribution in [2.45, 2.75) is 78.1 Å². The van der Waals surface area contributed by atoms with Gasteiger partial charge in [-0.25, -0.2) is 0 Å².